The SMILES string of the molecule is O=C(O)C1CC(N2C(=O)c3cccnc3C2=O)C1. The first kappa shape index (κ1) is 10.9. The molecule has 0 radical (unpaired) electrons. The highest BCUT2D eigenvalue weighted by Crippen LogP contribution is 2.36. The maximum absolute atomic E-state index is 12.0. The van der Waals surface area contributed by atoms with E-state index in [0.717, 1.165) is 4.90 Å². The van der Waals surface area contributed by atoms with E-state index >= 15 is 0 Å². The number of aliphatic carboxylic acids is 1. The molecule has 2 heterocycles. The molecular formula is C12H10N2O4. The van der Waals surface area contributed by atoms with E-state index in [9.17, 15) is 14.4 Å². The lowest BCUT2D eigenvalue weighted by atomic mass is 9.79. The smallest absolute Gasteiger partial charge is 0.306 e. The molecule has 92 valence electrons. The Labute approximate surface area is 102 Å². The first-order valence-electron chi connectivity index (χ1n) is 5.65. The molecule has 0 bridgehead atoms. The minimum absolute atomic E-state index is 0.168. The van der Waals surface area contributed by atoms with Gasteiger partial charge in [0.25, 0.3) is 11.8 Å². The van der Waals surface area contributed by atoms with Crippen molar-refractivity contribution in [1.29, 1.82) is 0 Å². The van der Waals surface area contributed by atoms with Gasteiger partial charge in [0.15, 0.2) is 0 Å². The van der Waals surface area contributed by atoms with Crippen LogP contribution in [0.3, 0.4) is 0 Å². The van der Waals surface area contributed by atoms with Gasteiger partial charge in [-0.3, -0.25) is 24.3 Å². The van der Waals surface area contributed by atoms with Crippen molar-refractivity contribution in [2.45, 2.75) is 18.9 Å². The molecule has 6 heteroatoms. The molecule has 1 aromatic heterocycles. The molecule has 1 aliphatic heterocycles. The number of carbonyl (C=O) groups is 3. The monoisotopic (exact) mass is 246 g/mol. The van der Waals surface area contributed by atoms with Crippen molar-refractivity contribution in [2.24, 2.45) is 5.92 Å². The summed E-state index contributed by atoms with van der Waals surface area (Å²) in [5.41, 5.74) is 0.475. The Morgan fingerprint density at radius 3 is 2.67 bits per heavy atom. The first-order valence-corrected chi connectivity index (χ1v) is 5.65. The molecule has 1 fully saturated rings. The van der Waals surface area contributed by atoms with Crippen LogP contribution in [-0.4, -0.2) is 38.8 Å². The zero-order valence-electron chi connectivity index (χ0n) is 9.37. The Balaban J connectivity index is 1.84. The number of fused-ring (bicyclic) bond motifs is 1. The van der Waals surface area contributed by atoms with Gasteiger partial charge in [-0.1, -0.05) is 0 Å². The lowest BCUT2D eigenvalue weighted by Gasteiger charge is -2.37. The summed E-state index contributed by atoms with van der Waals surface area (Å²) in [6.45, 7) is 0. The largest absolute Gasteiger partial charge is 0.481 e. The van der Waals surface area contributed by atoms with Crippen molar-refractivity contribution in [3.8, 4) is 0 Å². The number of carboxylic acid groups (broad SMARTS) is 1. The molecule has 0 aromatic carbocycles. The van der Waals surface area contributed by atoms with E-state index < -0.39 is 17.8 Å². The Morgan fingerprint density at radius 1 is 1.33 bits per heavy atom. The maximum atomic E-state index is 12.0. The van der Waals surface area contributed by atoms with Crippen LogP contribution in [-0.2, 0) is 4.79 Å². The summed E-state index contributed by atoms with van der Waals surface area (Å²) in [6.07, 6.45) is 2.13. The summed E-state index contributed by atoms with van der Waals surface area (Å²) in [5.74, 6) is -2.10. The van der Waals surface area contributed by atoms with E-state index in [2.05, 4.69) is 4.98 Å². The van der Waals surface area contributed by atoms with Crippen LogP contribution in [0.5, 0.6) is 0 Å². The van der Waals surface area contributed by atoms with Gasteiger partial charge in [-0.2, -0.15) is 0 Å². The second-order valence-electron chi connectivity index (χ2n) is 4.54. The molecule has 1 aliphatic carbocycles. The predicted molar refractivity (Wildman–Crippen MR) is 58.9 cm³/mol. The third kappa shape index (κ3) is 1.35. The Morgan fingerprint density at radius 2 is 2.06 bits per heavy atom. The fourth-order valence-corrected chi connectivity index (χ4v) is 2.42. The highest BCUT2D eigenvalue weighted by molar-refractivity contribution is 6.20. The molecule has 2 amide bonds. The number of hydrogen-bond acceptors (Lipinski definition) is 4. The van der Waals surface area contributed by atoms with E-state index in [4.69, 9.17) is 5.11 Å². The van der Waals surface area contributed by atoms with Crippen molar-refractivity contribution < 1.29 is 19.5 Å². The van der Waals surface area contributed by atoms with Gasteiger partial charge in [0.05, 0.1) is 11.5 Å². The normalized spacial score (nSPS) is 25.9. The van der Waals surface area contributed by atoms with Crippen molar-refractivity contribution >= 4 is 17.8 Å². The maximum Gasteiger partial charge on any atom is 0.306 e. The van der Waals surface area contributed by atoms with Crippen LogP contribution >= 0.6 is 0 Å². The molecule has 6 nitrogen and oxygen atoms in total. The number of carbonyl (C=O) groups excluding carboxylic acids is 2. The van der Waals surface area contributed by atoms with Gasteiger partial charge in [-0.15, -0.1) is 0 Å². The lowest BCUT2D eigenvalue weighted by molar-refractivity contribution is -0.146. The van der Waals surface area contributed by atoms with Gasteiger partial charge in [0.2, 0.25) is 0 Å². The molecule has 0 unspecified atom stereocenters. The Bertz CT molecular complexity index is 528. The highest BCUT2D eigenvalue weighted by atomic mass is 16.4. The van der Waals surface area contributed by atoms with E-state index in [1.807, 2.05) is 0 Å². The number of carboxylic acids is 1. The van der Waals surface area contributed by atoms with E-state index in [0.29, 0.717) is 18.4 Å². The number of aromatic nitrogens is 1. The third-order valence-electron chi connectivity index (χ3n) is 3.51. The standard InChI is InChI=1S/C12H10N2O4/c15-10-8-2-1-3-13-9(8)11(16)14(10)7-4-6(5-7)12(17)18/h1-3,6-7H,4-5H2,(H,17,18). The van der Waals surface area contributed by atoms with Crippen molar-refractivity contribution in [2.75, 3.05) is 0 Å². The average Bonchev–Trinajstić information content (AvgIpc) is 2.53. The van der Waals surface area contributed by atoms with Crippen LogP contribution in [0.25, 0.3) is 0 Å². The van der Waals surface area contributed by atoms with Gasteiger partial charge in [0, 0.05) is 12.2 Å². The molecule has 1 saturated carbocycles. The van der Waals surface area contributed by atoms with E-state index in [1.54, 1.807) is 12.1 Å². The second kappa shape index (κ2) is 3.63. The van der Waals surface area contributed by atoms with Crippen LogP contribution in [0.2, 0.25) is 0 Å². The van der Waals surface area contributed by atoms with Crippen LogP contribution < -0.4 is 0 Å². The summed E-state index contributed by atoms with van der Waals surface area (Å²) in [6, 6.07) is 2.87. The molecule has 1 aromatic rings. The van der Waals surface area contributed by atoms with E-state index in [1.165, 1.54) is 6.20 Å². The van der Waals surface area contributed by atoms with Gasteiger partial charge >= 0.3 is 5.97 Å². The average molecular weight is 246 g/mol. The minimum Gasteiger partial charge on any atom is -0.481 e. The fraction of sp³-hybridized carbons (Fsp3) is 0.333. The first-order chi connectivity index (χ1) is 8.59. The summed E-state index contributed by atoms with van der Waals surface area (Å²) in [5, 5.41) is 8.80. The lowest BCUT2D eigenvalue weighted by Crippen LogP contribution is -2.49. The number of rotatable bonds is 2. The number of pyridine rings is 1. The van der Waals surface area contributed by atoms with Gasteiger partial charge < -0.3 is 5.11 Å². The summed E-state index contributed by atoms with van der Waals surface area (Å²) in [4.78, 5) is 39.8. The number of hydrogen-bond donors (Lipinski definition) is 1. The zero-order valence-corrected chi connectivity index (χ0v) is 9.37. The van der Waals surface area contributed by atoms with Crippen molar-refractivity contribution in [3.05, 3.63) is 29.6 Å². The molecule has 3 rings (SSSR count). The molecule has 0 spiro atoms. The van der Waals surface area contributed by atoms with Crippen LogP contribution in [0.4, 0.5) is 0 Å². The second-order valence-corrected chi connectivity index (χ2v) is 4.54. The minimum atomic E-state index is -0.874. The number of nitrogens with zero attached hydrogens (tertiary/aromatic N) is 2. The van der Waals surface area contributed by atoms with E-state index in [-0.39, 0.29) is 17.6 Å². The zero-order chi connectivity index (χ0) is 12.9. The van der Waals surface area contributed by atoms with Gasteiger partial charge in [-0.25, -0.2) is 0 Å². The summed E-state index contributed by atoms with van der Waals surface area (Å²) < 4.78 is 0. The summed E-state index contributed by atoms with van der Waals surface area (Å²) in [7, 11) is 0. The van der Waals surface area contributed by atoms with Crippen molar-refractivity contribution in [1.82, 2.24) is 9.88 Å². The molecule has 18 heavy (non-hydrogen) atoms. The topological polar surface area (TPSA) is 87.6 Å². The number of amides is 2. The van der Waals surface area contributed by atoms with Crippen LogP contribution in [0.1, 0.15) is 33.7 Å². The van der Waals surface area contributed by atoms with Gasteiger partial charge in [0.1, 0.15) is 5.69 Å². The molecular weight excluding hydrogens is 236 g/mol. The highest BCUT2D eigenvalue weighted by Gasteiger charge is 2.47. The fourth-order valence-electron chi connectivity index (χ4n) is 2.42. The van der Waals surface area contributed by atoms with Gasteiger partial charge in [-0.05, 0) is 25.0 Å². The predicted octanol–water partition coefficient (Wildman–Crippen LogP) is 0.541. The number of imide groups is 1. The quantitative estimate of drug-likeness (QED) is 0.769. The summed E-state index contributed by atoms with van der Waals surface area (Å²) >= 11 is 0. The molecule has 2 aliphatic rings. The molecule has 0 atom stereocenters. The molecule has 0 saturated heterocycles. The van der Waals surface area contributed by atoms with Crippen LogP contribution in [0, 0.1) is 5.92 Å². The Hall–Kier alpha value is -2.24. The third-order valence-corrected chi connectivity index (χ3v) is 3.51. The van der Waals surface area contributed by atoms with Crippen LogP contribution in [0.15, 0.2) is 18.3 Å². The molecule has 1 N–H and O–H groups in total. The Kier molecular flexibility index (Phi) is 2.19. The van der Waals surface area contributed by atoms with Crippen molar-refractivity contribution in [3.63, 3.8) is 0 Å².